The van der Waals surface area contributed by atoms with Gasteiger partial charge in [0.25, 0.3) is 0 Å². The summed E-state index contributed by atoms with van der Waals surface area (Å²) < 4.78 is 0. The molecule has 1 aromatic rings. The van der Waals surface area contributed by atoms with Crippen molar-refractivity contribution in [2.45, 2.75) is 12.8 Å². The maximum absolute atomic E-state index is 6.01. The van der Waals surface area contributed by atoms with Crippen LogP contribution in [-0.2, 0) is 6.42 Å². The second-order valence-electron chi connectivity index (χ2n) is 5.42. The summed E-state index contributed by atoms with van der Waals surface area (Å²) in [7, 11) is 2.11. The van der Waals surface area contributed by atoms with Gasteiger partial charge in [0.15, 0.2) is 11.1 Å². The van der Waals surface area contributed by atoms with E-state index in [1.807, 2.05) is 24.4 Å². The zero-order valence-corrected chi connectivity index (χ0v) is 13.9. The molecule has 1 fully saturated rings. The van der Waals surface area contributed by atoms with Crippen LogP contribution in [0.5, 0.6) is 0 Å². The molecule has 0 saturated carbocycles. The van der Waals surface area contributed by atoms with Crippen molar-refractivity contribution in [1.29, 1.82) is 0 Å². The topological polar surface area (TPSA) is 69.8 Å². The Hall–Kier alpha value is -1.73. The quantitative estimate of drug-likeness (QED) is 0.363. The van der Waals surface area contributed by atoms with Crippen molar-refractivity contribution in [1.82, 2.24) is 20.1 Å². The summed E-state index contributed by atoms with van der Waals surface area (Å²) in [6.45, 7) is 4.57. The van der Waals surface area contributed by atoms with Crippen LogP contribution < -0.4 is 11.1 Å². The Morgan fingerprint density at radius 2 is 2.14 bits per heavy atom. The minimum absolute atomic E-state index is 0.456. The van der Waals surface area contributed by atoms with Crippen LogP contribution in [0.15, 0.2) is 29.4 Å². The van der Waals surface area contributed by atoms with Gasteiger partial charge < -0.3 is 20.9 Å². The molecule has 1 saturated heterocycles. The Balaban J connectivity index is 1.67. The molecule has 0 radical (unpaired) electrons. The smallest absolute Gasteiger partial charge is 0.198 e. The van der Waals surface area contributed by atoms with E-state index in [1.165, 1.54) is 0 Å². The molecule has 2 rings (SSSR count). The van der Waals surface area contributed by atoms with Gasteiger partial charge >= 0.3 is 0 Å². The Morgan fingerprint density at radius 3 is 2.82 bits per heavy atom. The number of nitrogens with zero attached hydrogens (tertiary/aromatic N) is 4. The fourth-order valence-corrected chi connectivity index (χ4v) is 2.46. The van der Waals surface area contributed by atoms with Crippen molar-refractivity contribution in [3.8, 4) is 0 Å². The Kier molecular flexibility index (Phi) is 6.54. The van der Waals surface area contributed by atoms with Gasteiger partial charge in [0, 0.05) is 44.6 Å². The van der Waals surface area contributed by atoms with Gasteiger partial charge in [-0.25, -0.2) is 0 Å². The first-order valence-electron chi connectivity index (χ1n) is 7.60. The van der Waals surface area contributed by atoms with E-state index in [0.717, 1.165) is 51.3 Å². The maximum atomic E-state index is 6.01. The number of hydrogen-bond donors (Lipinski definition) is 2. The monoisotopic (exact) mass is 320 g/mol. The average Bonchev–Trinajstić information content (AvgIpc) is 2.53. The molecule has 7 heteroatoms. The Labute approximate surface area is 137 Å². The predicted molar refractivity (Wildman–Crippen MR) is 93.9 cm³/mol. The first kappa shape index (κ1) is 16.6. The molecular formula is C15H24N6S. The van der Waals surface area contributed by atoms with Gasteiger partial charge in [-0.2, -0.15) is 4.99 Å². The molecule has 6 nitrogen and oxygen atoms in total. The number of hydrogen-bond acceptors (Lipinski definition) is 3. The van der Waals surface area contributed by atoms with Crippen molar-refractivity contribution in [3.05, 3.63) is 30.1 Å². The highest BCUT2D eigenvalue weighted by Crippen LogP contribution is 1.99. The zero-order valence-electron chi connectivity index (χ0n) is 13.0. The lowest BCUT2D eigenvalue weighted by molar-refractivity contribution is 0.214. The summed E-state index contributed by atoms with van der Waals surface area (Å²) in [5.41, 5.74) is 7.10. The molecule has 0 bridgehead atoms. The Bertz CT molecular complexity index is 496. The van der Waals surface area contributed by atoms with Crippen LogP contribution in [-0.4, -0.2) is 65.6 Å². The second kappa shape index (κ2) is 8.65. The number of aliphatic imine (C=N–C) groups is 1. The molecule has 1 aromatic heterocycles. The third-order valence-electron chi connectivity index (χ3n) is 3.66. The highest BCUT2D eigenvalue weighted by Gasteiger charge is 2.15. The predicted octanol–water partition coefficient (Wildman–Crippen LogP) is 0.451. The number of piperazine rings is 1. The second-order valence-corrected chi connectivity index (χ2v) is 5.80. The van der Waals surface area contributed by atoms with E-state index >= 15 is 0 Å². The molecule has 1 aliphatic rings. The minimum Gasteiger partial charge on any atom is -0.369 e. The fourth-order valence-electron chi connectivity index (χ4n) is 2.26. The summed E-state index contributed by atoms with van der Waals surface area (Å²) in [5, 5.41) is 3.59. The molecule has 2 heterocycles. The number of likely N-dealkylation sites (N-methyl/N-ethyl adjacent to an activating group) is 1. The van der Waals surface area contributed by atoms with Crippen LogP contribution in [0.1, 0.15) is 12.1 Å². The van der Waals surface area contributed by atoms with Gasteiger partial charge in [-0.1, -0.05) is 6.07 Å². The van der Waals surface area contributed by atoms with Crippen molar-refractivity contribution < 1.29 is 0 Å². The molecule has 22 heavy (non-hydrogen) atoms. The number of aromatic nitrogens is 1. The number of rotatable bonds is 4. The SMILES string of the molecule is CN1CCN(C(N)=NC(=S)NCCCc2ccccn2)CC1. The van der Waals surface area contributed by atoms with Crippen LogP contribution in [0.25, 0.3) is 0 Å². The fraction of sp³-hybridized carbons (Fsp3) is 0.533. The highest BCUT2D eigenvalue weighted by atomic mass is 32.1. The number of aryl methyl sites for hydroxylation is 1. The van der Waals surface area contributed by atoms with Crippen molar-refractivity contribution >= 4 is 23.3 Å². The number of guanidine groups is 1. The average molecular weight is 320 g/mol. The molecule has 0 unspecified atom stereocenters. The van der Waals surface area contributed by atoms with Crippen LogP contribution in [0.2, 0.25) is 0 Å². The molecule has 0 spiro atoms. The third-order valence-corrected chi connectivity index (χ3v) is 3.89. The van der Waals surface area contributed by atoms with Gasteiger partial charge in [-0.05, 0) is 44.2 Å². The van der Waals surface area contributed by atoms with Crippen LogP contribution in [0.3, 0.4) is 0 Å². The van der Waals surface area contributed by atoms with E-state index in [9.17, 15) is 0 Å². The molecule has 0 amide bonds. The van der Waals surface area contributed by atoms with Crippen LogP contribution in [0.4, 0.5) is 0 Å². The lowest BCUT2D eigenvalue weighted by atomic mass is 10.2. The van der Waals surface area contributed by atoms with E-state index < -0.39 is 0 Å². The zero-order chi connectivity index (χ0) is 15.8. The van der Waals surface area contributed by atoms with Gasteiger partial charge in [-0.3, -0.25) is 4.98 Å². The van der Waals surface area contributed by atoms with Gasteiger partial charge in [0.05, 0.1) is 0 Å². The van der Waals surface area contributed by atoms with Crippen LogP contribution >= 0.6 is 12.2 Å². The van der Waals surface area contributed by atoms with Gasteiger partial charge in [0.2, 0.25) is 0 Å². The van der Waals surface area contributed by atoms with Crippen molar-refractivity contribution in [2.24, 2.45) is 10.7 Å². The van der Waals surface area contributed by atoms with Gasteiger partial charge in [-0.15, -0.1) is 0 Å². The summed E-state index contributed by atoms with van der Waals surface area (Å²) in [5.74, 6) is 0.510. The molecule has 0 atom stereocenters. The molecule has 1 aliphatic heterocycles. The lowest BCUT2D eigenvalue weighted by Crippen LogP contribution is -2.50. The van der Waals surface area contributed by atoms with E-state index in [0.29, 0.717) is 11.1 Å². The van der Waals surface area contributed by atoms with E-state index in [1.54, 1.807) is 0 Å². The van der Waals surface area contributed by atoms with E-state index in [4.69, 9.17) is 18.0 Å². The number of pyridine rings is 1. The van der Waals surface area contributed by atoms with Crippen molar-refractivity contribution in [3.63, 3.8) is 0 Å². The summed E-state index contributed by atoms with van der Waals surface area (Å²) in [6, 6.07) is 5.95. The van der Waals surface area contributed by atoms with Gasteiger partial charge in [0.1, 0.15) is 0 Å². The first-order chi connectivity index (χ1) is 10.6. The lowest BCUT2D eigenvalue weighted by Gasteiger charge is -2.32. The molecule has 3 N–H and O–H groups in total. The number of nitrogens with two attached hydrogens (primary N) is 1. The molecule has 0 aromatic carbocycles. The van der Waals surface area contributed by atoms with Crippen LogP contribution in [0, 0.1) is 0 Å². The number of nitrogens with one attached hydrogen (secondary N) is 1. The standard InChI is InChI=1S/C15H24N6S/c1-20-9-11-21(12-10-20)14(16)19-15(22)18-8-4-6-13-5-2-3-7-17-13/h2-3,5,7H,4,6,8-12H2,1H3,(H3,16,18,19,22). The maximum Gasteiger partial charge on any atom is 0.198 e. The normalized spacial score (nSPS) is 16.6. The molecule has 120 valence electrons. The van der Waals surface area contributed by atoms with Crippen molar-refractivity contribution in [2.75, 3.05) is 39.8 Å². The van der Waals surface area contributed by atoms with E-state index in [-0.39, 0.29) is 0 Å². The summed E-state index contributed by atoms with van der Waals surface area (Å²) in [6.07, 6.45) is 3.70. The molecule has 0 aliphatic carbocycles. The third kappa shape index (κ3) is 5.57. The summed E-state index contributed by atoms with van der Waals surface area (Å²) >= 11 is 5.22. The minimum atomic E-state index is 0.456. The van der Waals surface area contributed by atoms with E-state index in [2.05, 4.69) is 32.1 Å². The molecular weight excluding hydrogens is 296 g/mol. The summed E-state index contributed by atoms with van der Waals surface area (Å²) in [4.78, 5) is 12.9. The first-order valence-corrected chi connectivity index (χ1v) is 8.01. The largest absolute Gasteiger partial charge is 0.369 e. The highest BCUT2D eigenvalue weighted by molar-refractivity contribution is 7.80. The number of thiocarbonyl (C=S) groups is 1. The Morgan fingerprint density at radius 1 is 1.36 bits per heavy atom.